The highest BCUT2D eigenvalue weighted by Crippen LogP contribution is 2.48. The van der Waals surface area contributed by atoms with Crippen molar-refractivity contribution in [2.45, 2.75) is 66.1 Å². The molecule has 5 atom stereocenters. The number of nitrogens with one attached hydrogen (secondary N) is 2. The third kappa shape index (κ3) is 6.50. The molecule has 0 unspecified atom stereocenters. The van der Waals surface area contributed by atoms with E-state index in [4.69, 9.17) is 23.9 Å². The van der Waals surface area contributed by atoms with Crippen LogP contribution in [0.3, 0.4) is 0 Å². The van der Waals surface area contributed by atoms with Gasteiger partial charge in [-0.3, -0.25) is 9.59 Å². The van der Waals surface area contributed by atoms with E-state index in [1.165, 1.54) is 21.3 Å². The van der Waals surface area contributed by atoms with Crippen LogP contribution in [0.15, 0.2) is 41.7 Å². The zero-order valence-electron chi connectivity index (χ0n) is 23.5. The van der Waals surface area contributed by atoms with Crippen molar-refractivity contribution in [2.75, 3.05) is 34.4 Å². The molecule has 0 aromatic heterocycles. The van der Waals surface area contributed by atoms with Crippen molar-refractivity contribution >= 4 is 87.0 Å². The van der Waals surface area contributed by atoms with Crippen LogP contribution in [0.4, 0.5) is 0 Å². The summed E-state index contributed by atoms with van der Waals surface area (Å²) in [6.45, 7) is 0.797. The maximum absolute atomic E-state index is 12.7. The number of carbonyl (C=O) groups is 2. The van der Waals surface area contributed by atoms with Gasteiger partial charge in [0.2, 0.25) is 5.79 Å². The second-order valence-electron chi connectivity index (χ2n) is 10.3. The number of aliphatic hydroxyl groups excluding tert-OH is 2. The molecular weight excluding hydrogens is 832 g/mol. The lowest BCUT2D eigenvalue weighted by molar-refractivity contribution is -0.207. The highest BCUT2D eigenvalue weighted by molar-refractivity contribution is 9.12. The van der Waals surface area contributed by atoms with Crippen LogP contribution in [-0.4, -0.2) is 102 Å². The van der Waals surface area contributed by atoms with Crippen molar-refractivity contribution in [3.05, 3.63) is 31.4 Å². The van der Waals surface area contributed by atoms with Crippen LogP contribution in [0, 0.1) is 0 Å². The number of hydrogen-bond acceptors (Lipinski definition) is 11. The summed E-state index contributed by atoms with van der Waals surface area (Å²) in [4.78, 5) is 35.7. The molecule has 0 aromatic carbocycles. The maximum atomic E-state index is 12.7. The van der Waals surface area contributed by atoms with Gasteiger partial charge in [0, 0.05) is 40.2 Å². The number of carbonyl (C=O) groups excluding carboxylic acids is 2. The van der Waals surface area contributed by atoms with Crippen molar-refractivity contribution in [3.63, 3.8) is 0 Å². The smallest absolute Gasteiger partial charge is 0.269 e. The number of methoxy groups -OCH3 is 3. The van der Waals surface area contributed by atoms with Crippen molar-refractivity contribution in [1.82, 2.24) is 10.6 Å². The van der Waals surface area contributed by atoms with Gasteiger partial charge in [-0.1, -0.05) is 26.2 Å². The number of halogens is 4. The van der Waals surface area contributed by atoms with E-state index in [9.17, 15) is 19.8 Å². The van der Waals surface area contributed by atoms with Crippen LogP contribution in [0.2, 0.25) is 0 Å². The lowest BCUT2D eigenvalue weighted by atomic mass is 9.81. The molecule has 2 amide bonds. The molecule has 2 aliphatic heterocycles. The topological polar surface area (TPSA) is 170 Å². The molecule has 13 nitrogen and oxygen atoms in total. The average Bonchev–Trinajstić information content (AvgIpc) is 3.61. The van der Waals surface area contributed by atoms with Crippen molar-refractivity contribution in [2.24, 2.45) is 10.3 Å². The highest BCUT2D eigenvalue weighted by Gasteiger charge is 2.60. The SMILES string of the molecule is COC1=C(Br)[C@H](O)[C@@]2(C=C1Br)CC(C(=O)NCCCCCNC(=O)C1=NO[C@]3(C=C(Br)C(OC)(OC)[C@@H](Br)[C@@H]3O)C1)=NO2. The number of ether oxygens (including phenoxy) is 3. The normalized spacial score (nSPS) is 31.1. The summed E-state index contributed by atoms with van der Waals surface area (Å²) < 4.78 is 17.7. The van der Waals surface area contributed by atoms with E-state index >= 15 is 0 Å². The first-order chi connectivity index (χ1) is 20.4. The van der Waals surface area contributed by atoms with Gasteiger partial charge in [-0.2, -0.15) is 0 Å². The van der Waals surface area contributed by atoms with Gasteiger partial charge in [-0.25, -0.2) is 0 Å². The minimum absolute atomic E-state index is 0.0617. The predicted octanol–water partition coefficient (Wildman–Crippen LogP) is 2.73. The number of oxime groups is 2. The summed E-state index contributed by atoms with van der Waals surface area (Å²) in [6.07, 6.45) is 3.26. The summed E-state index contributed by atoms with van der Waals surface area (Å²) in [5.41, 5.74) is -2.13. The van der Waals surface area contributed by atoms with E-state index in [1.807, 2.05) is 0 Å². The standard InChI is InChI=1S/C26H32Br4N4O9/c1-39-18-13(27)9-24(20(35)17(18)29)10-14(33-42-24)22(37)31-7-5-4-6-8-32-23(38)15-11-25(43-34-15)12-16(28)26(40-2,41-3)19(30)21(25)36/h9,12,19-21,35-36H,4-8,10-11H2,1-3H3,(H,31,37)(H,32,38)/t19-,20-,21-,24+,25-/m0/s1. The highest BCUT2D eigenvalue weighted by atomic mass is 79.9. The first kappa shape index (κ1) is 34.5. The minimum atomic E-state index is -1.26. The molecule has 2 aliphatic carbocycles. The van der Waals surface area contributed by atoms with E-state index in [-0.39, 0.29) is 36.1 Å². The predicted molar refractivity (Wildman–Crippen MR) is 170 cm³/mol. The number of unbranched alkanes of at least 4 members (excludes halogenated alkanes) is 2. The molecule has 0 saturated heterocycles. The molecule has 0 saturated carbocycles. The Labute approximate surface area is 282 Å². The first-order valence-corrected chi connectivity index (χ1v) is 16.6. The molecule has 4 N–H and O–H groups in total. The largest absolute Gasteiger partial charge is 0.495 e. The molecule has 43 heavy (non-hydrogen) atoms. The van der Waals surface area contributed by atoms with E-state index in [1.54, 1.807) is 12.2 Å². The number of allylic oxidation sites excluding steroid dienone is 1. The van der Waals surface area contributed by atoms with Gasteiger partial charge in [0.1, 0.15) is 34.2 Å². The number of rotatable bonds is 11. The molecule has 4 aliphatic rings. The van der Waals surface area contributed by atoms with Crippen molar-refractivity contribution < 1.29 is 43.7 Å². The maximum Gasteiger partial charge on any atom is 0.269 e. The van der Waals surface area contributed by atoms with E-state index < -0.39 is 34.0 Å². The van der Waals surface area contributed by atoms with Crippen LogP contribution < -0.4 is 10.6 Å². The average molecular weight is 864 g/mol. The van der Waals surface area contributed by atoms with Gasteiger partial charge in [-0.05, 0) is 79.2 Å². The molecule has 0 aromatic rings. The van der Waals surface area contributed by atoms with Crippen LogP contribution in [0.25, 0.3) is 0 Å². The summed E-state index contributed by atoms with van der Waals surface area (Å²) in [5, 5.41) is 35.2. The lowest BCUT2D eigenvalue weighted by Crippen LogP contribution is -2.60. The first-order valence-electron chi connectivity index (χ1n) is 13.3. The monoisotopic (exact) mass is 860 g/mol. The third-order valence-electron chi connectivity index (χ3n) is 7.65. The molecule has 238 valence electrons. The van der Waals surface area contributed by atoms with Gasteiger partial charge < -0.3 is 44.7 Å². The fourth-order valence-corrected chi connectivity index (χ4v) is 9.29. The van der Waals surface area contributed by atoms with Crippen LogP contribution in [0.5, 0.6) is 0 Å². The molecule has 0 radical (unpaired) electrons. The van der Waals surface area contributed by atoms with Gasteiger partial charge in [0.05, 0.1) is 20.6 Å². The Hall–Kier alpha value is -1.34. The van der Waals surface area contributed by atoms with Gasteiger partial charge >= 0.3 is 0 Å². The zero-order valence-corrected chi connectivity index (χ0v) is 29.8. The Morgan fingerprint density at radius 1 is 0.930 bits per heavy atom. The number of aliphatic hydroxyl groups is 2. The number of alkyl halides is 1. The second-order valence-corrected chi connectivity index (χ2v) is 13.8. The van der Waals surface area contributed by atoms with Crippen molar-refractivity contribution in [1.29, 1.82) is 0 Å². The third-order valence-corrected chi connectivity index (χ3v) is 10.9. The van der Waals surface area contributed by atoms with Gasteiger partial charge in [0.15, 0.2) is 11.2 Å². The lowest BCUT2D eigenvalue weighted by Gasteiger charge is -2.45. The molecule has 17 heteroatoms. The van der Waals surface area contributed by atoms with Crippen molar-refractivity contribution in [3.8, 4) is 0 Å². The molecule has 0 fully saturated rings. The summed E-state index contributed by atoms with van der Waals surface area (Å²) >= 11 is 13.6. The summed E-state index contributed by atoms with van der Waals surface area (Å²) in [6, 6.07) is 0. The zero-order chi connectivity index (χ0) is 31.6. The fraction of sp³-hybridized carbons (Fsp3) is 0.615. The Bertz CT molecular complexity index is 1280. The number of nitrogens with zero attached hydrogens (tertiary/aromatic N) is 2. The van der Waals surface area contributed by atoms with Crippen LogP contribution in [-0.2, 0) is 33.5 Å². The van der Waals surface area contributed by atoms with Gasteiger partial charge in [-0.15, -0.1) is 0 Å². The van der Waals surface area contributed by atoms with Crippen LogP contribution in [0.1, 0.15) is 32.1 Å². The van der Waals surface area contributed by atoms with E-state index in [0.717, 1.165) is 6.42 Å². The summed E-state index contributed by atoms with van der Waals surface area (Å²) in [5.74, 6) is -1.58. The Balaban J connectivity index is 1.16. The minimum Gasteiger partial charge on any atom is -0.495 e. The van der Waals surface area contributed by atoms with E-state index in [2.05, 4.69) is 84.7 Å². The quantitative estimate of drug-likeness (QED) is 0.139. The number of hydrogen-bond donors (Lipinski definition) is 4. The second kappa shape index (κ2) is 14.0. The molecule has 2 spiro atoms. The molecule has 2 heterocycles. The Morgan fingerprint density at radius 3 is 2.00 bits per heavy atom. The Morgan fingerprint density at radius 2 is 1.47 bits per heavy atom. The van der Waals surface area contributed by atoms with Crippen LogP contribution >= 0.6 is 63.7 Å². The Kier molecular flexibility index (Phi) is 11.2. The fourth-order valence-electron chi connectivity index (χ4n) is 5.17. The molecular formula is C26H32Br4N4O9. The molecule has 4 rings (SSSR count). The van der Waals surface area contributed by atoms with E-state index in [0.29, 0.717) is 45.1 Å². The molecule has 0 bridgehead atoms. The van der Waals surface area contributed by atoms with Gasteiger partial charge in [0.25, 0.3) is 11.8 Å². The summed E-state index contributed by atoms with van der Waals surface area (Å²) in [7, 11) is 4.40. The number of amides is 2.